The van der Waals surface area contributed by atoms with Crippen LogP contribution in [0.25, 0.3) is 11.1 Å². The highest BCUT2D eigenvalue weighted by atomic mass is 16.5. The van der Waals surface area contributed by atoms with Gasteiger partial charge >= 0.3 is 0 Å². The molecule has 7 heteroatoms. The van der Waals surface area contributed by atoms with Crippen LogP contribution < -0.4 is 5.32 Å². The fourth-order valence-electron chi connectivity index (χ4n) is 5.26. The average molecular weight is 488 g/mol. The van der Waals surface area contributed by atoms with Crippen molar-refractivity contribution in [1.29, 1.82) is 0 Å². The first kappa shape index (κ1) is 24.7. The normalized spacial score (nSPS) is 19.2. The number of carbonyl (C=O) groups is 1. The molecule has 0 saturated carbocycles. The molecule has 1 N–H and O–H groups in total. The molecule has 0 bridgehead atoms. The Kier molecular flexibility index (Phi) is 7.48. The van der Waals surface area contributed by atoms with Gasteiger partial charge in [-0.2, -0.15) is 0 Å². The van der Waals surface area contributed by atoms with Crippen LogP contribution in [0.3, 0.4) is 0 Å². The molecular weight excluding hydrogens is 450 g/mol. The number of nitrogens with zero attached hydrogens (tertiary/aromatic N) is 4. The van der Waals surface area contributed by atoms with E-state index in [1.54, 1.807) is 0 Å². The Hall–Kier alpha value is -3.03. The van der Waals surface area contributed by atoms with E-state index in [0.717, 1.165) is 50.7 Å². The minimum absolute atomic E-state index is 0.0629. The van der Waals surface area contributed by atoms with Gasteiger partial charge in [0, 0.05) is 39.2 Å². The monoisotopic (exact) mass is 487 g/mol. The minimum atomic E-state index is -0.153. The van der Waals surface area contributed by atoms with Gasteiger partial charge in [-0.3, -0.25) is 9.69 Å². The number of aryl methyl sites for hydroxylation is 1. The third kappa shape index (κ3) is 5.37. The zero-order valence-electron chi connectivity index (χ0n) is 21.6. The maximum absolute atomic E-state index is 12.8. The zero-order valence-corrected chi connectivity index (χ0v) is 21.6. The summed E-state index contributed by atoms with van der Waals surface area (Å²) in [5, 5.41) is 12.3. The van der Waals surface area contributed by atoms with E-state index in [0.29, 0.717) is 13.2 Å². The maximum atomic E-state index is 12.8. The maximum Gasteiger partial charge on any atom is 0.226 e. The molecule has 1 saturated heterocycles. The van der Waals surface area contributed by atoms with Gasteiger partial charge in [-0.25, -0.2) is 0 Å². The van der Waals surface area contributed by atoms with Crippen LogP contribution in [0.1, 0.15) is 49.1 Å². The van der Waals surface area contributed by atoms with Crippen molar-refractivity contribution >= 4 is 5.91 Å². The number of fused-ring (bicyclic) bond motifs is 1. The molecule has 1 aromatic heterocycles. The summed E-state index contributed by atoms with van der Waals surface area (Å²) >= 11 is 0. The number of amides is 1. The number of hydrogen-bond acceptors (Lipinski definition) is 5. The summed E-state index contributed by atoms with van der Waals surface area (Å²) < 4.78 is 7.65. The number of ether oxygens (including phenoxy) is 1. The van der Waals surface area contributed by atoms with Gasteiger partial charge in [0.05, 0.1) is 18.6 Å². The van der Waals surface area contributed by atoms with E-state index in [2.05, 4.69) is 94.3 Å². The second-order valence-corrected chi connectivity index (χ2v) is 10.5. The van der Waals surface area contributed by atoms with E-state index in [1.807, 2.05) is 0 Å². The highest BCUT2D eigenvalue weighted by molar-refractivity contribution is 5.79. The van der Waals surface area contributed by atoms with Crippen molar-refractivity contribution in [2.45, 2.75) is 52.7 Å². The second kappa shape index (κ2) is 10.9. The van der Waals surface area contributed by atoms with Crippen LogP contribution in [0, 0.1) is 18.8 Å². The van der Waals surface area contributed by atoms with Gasteiger partial charge in [-0.15, -0.1) is 10.2 Å². The molecule has 5 rings (SSSR count). The number of benzene rings is 2. The summed E-state index contributed by atoms with van der Waals surface area (Å²) in [6.07, 6.45) is 1.64. The van der Waals surface area contributed by atoms with Crippen LogP contribution in [-0.4, -0.2) is 51.9 Å². The van der Waals surface area contributed by atoms with E-state index in [-0.39, 0.29) is 23.8 Å². The number of hydrogen-bond donors (Lipinski definition) is 1. The van der Waals surface area contributed by atoms with Crippen LogP contribution >= 0.6 is 0 Å². The fourth-order valence-corrected chi connectivity index (χ4v) is 5.26. The van der Waals surface area contributed by atoms with Crippen molar-refractivity contribution in [3.63, 3.8) is 0 Å². The van der Waals surface area contributed by atoms with Gasteiger partial charge in [0.2, 0.25) is 5.91 Å². The lowest BCUT2D eigenvalue weighted by Crippen LogP contribution is -2.38. The lowest BCUT2D eigenvalue weighted by molar-refractivity contribution is -0.126. The van der Waals surface area contributed by atoms with Gasteiger partial charge in [0.1, 0.15) is 5.82 Å². The van der Waals surface area contributed by atoms with E-state index in [1.165, 1.54) is 22.3 Å². The molecule has 2 atom stereocenters. The van der Waals surface area contributed by atoms with E-state index in [9.17, 15) is 4.79 Å². The smallest absolute Gasteiger partial charge is 0.226 e. The standard InChI is InChI=1S/C29H37N5O2/c1-20(2)27(30-29(35)24-13-17-36-19-24)28-32-31-26-12-14-33(15-16-34(26)28)18-22-8-10-23(11-9-22)25-7-5-4-6-21(25)3/h4-11,20,24,27H,12-19H2,1-3H3,(H,30,35)/t24-,27+/m0/s1. The third-order valence-corrected chi connectivity index (χ3v) is 7.51. The predicted octanol–water partition coefficient (Wildman–Crippen LogP) is 4.16. The van der Waals surface area contributed by atoms with Crippen molar-refractivity contribution in [3.05, 3.63) is 71.3 Å². The van der Waals surface area contributed by atoms with E-state index < -0.39 is 0 Å². The molecule has 190 valence electrons. The zero-order chi connectivity index (χ0) is 25.1. The molecule has 3 heterocycles. The van der Waals surface area contributed by atoms with E-state index >= 15 is 0 Å². The van der Waals surface area contributed by atoms with Crippen LogP contribution in [-0.2, 0) is 29.0 Å². The lowest BCUT2D eigenvalue weighted by Gasteiger charge is -2.24. The molecule has 7 nitrogen and oxygen atoms in total. The summed E-state index contributed by atoms with van der Waals surface area (Å²) in [4.78, 5) is 15.3. The van der Waals surface area contributed by atoms with Crippen molar-refractivity contribution in [2.75, 3.05) is 26.3 Å². The molecule has 1 amide bonds. The Morgan fingerprint density at radius 1 is 1.08 bits per heavy atom. The Morgan fingerprint density at radius 2 is 1.89 bits per heavy atom. The molecule has 2 aromatic carbocycles. The Balaban J connectivity index is 1.24. The first-order valence-electron chi connectivity index (χ1n) is 13.2. The van der Waals surface area contributed by atoms with Crippen molar-refractivity contribution < 1.29 is 9.53 Å². The lowest BCUT2D eigenvalue weighted by atomic mass is 9.99. The summed E-state index contributed by atoms with van der Waals surface area (Å²) in [6, 6.07) is 17.3. The fraction of sp³-hybridized carbons (Fsp3) is 0.483. The summed E-state index contributed by atoms with van der Waals surface area (Å²) in [5.41, 5.74) is 5.16. The van der Waals surface area contributed by atoms with Crippen LogP contribution in [0.4, 0.5) is 0 Å². The summed E-state index contributed by atoms with van der Waals surface area (Å²) in [6.45, 7) is 11.2. The molecule has 0 unspecified atom stereocenters. The molecule has 2 aliphatic rings. The van der Waals surface area contributed by atoms with E-state index in [4.69, 9.17) is 4.74 Å². The van der Waals surface area contributed by atoms with Crippen LogP contribution in [0.5, 0.6) is 0 Å². The quantitative estimate of drug-likeness (QED) is 0.542. The highest BCUT2D eigenvalue weighted by Gasteiger charge is 2.31. The molecule has 0 spiro atoms. The number of rotatable bonds is 7. The third-order valence-electron chi connectivity index (χ3n) is 7.51. The number of nitrogens with one attached hydrogen (secondary N) is 1. The number of aromatic nitrogens is 3. The van der Waals surface area contributed by atoms with Crippen molar-refractivity contribution in [1.82, 2.24) is 25.0 Å². The van der Waals surface area contributed by atoms with Crippen LogP contribution in [0.2, 0.25) is 0 Å². The highest BCUT2D eigenvalue weighted by Crippen LogP contribution is 2.26. The Bertz CT molecular complexity index is 1180. The Morgan fingerprint density at radius 3 is 2.61 bits per heavy atom. The van der Waals surface area contributed by atoms with Gasteiger partial charge in [-0.1, -0.05) is 62.4 Å². The number of carbonyl (C=O) groups excluding carboxylic acids is 1. The van der Waals surface area contributed by atoms with Gasteiger partial charge < -0.3 is 14.6 Å². The summed E-state index contributed by atoms with van der Waals surface area (Å²) in [7, 11) is 0. The average Bonchev–Trinajstić information content (AvgIpc) is 3.51. The van der Waals surface area contributed by atoms with Gasteiger partial charge in [-0.05, 0) is 41.5 Å². The topological polar surface area (TPSA) is 72.3 Å². The molecule has 1 fully saturated rings. The second-order valence-electron chi connectivity index (χ2n) is 10.5. The minimum Gasteiger partial charge on any atom is -0.381 e. The largest absolute Gasteiger partial charge is 0.381 e. The first-order valence-corrected chi connectivity index (χ1v) is 13.2. The van der Waals surface area contributed by atoms with Crippen LogP contribution in [0.15, 0.2) is 48.5 Å². The molecule has 3 aromatic rings. The molecule has 0 radical (unpaired) electrons. The molecular formula is C29H37N5O2. The summed E-state index contributed by atoms with van der Waals surface area (Å²) in [5.74, 6) is 2.09. The first-order chi connectivity index (χ1) is 17.5. The van der Waals surface area contributed by atoms with Gasteiger partial charge in [0.15, 0.2) is 5.82 Å². The Labute approximate surface area is 213 Å². The SMILES string of the molecule is Cc1ccccc1-c1ccc(CN2CCc3nnc([C@H](NC(=O)[C@H]4CCOC4)C(C)C)n3CC2)cc1. The predicted molar refractivity (Wildman–Crippen MR) is 140 cm³/mol. The van der Waals surface area contributed by atoms with Crippen molar-refractivity contribution in [3.8, 4) is 11.1 Å². The van der Waals surface area contributed by atoms with Gasteiger partial charge in [0.25, 0.3) is 0 Å². The molecule has 2 aliphatic heterocycles. The van der Waals surface area contributed by atoms with Crippen molar-refractivity contribution in [2.24, 2.45) is 11.8 Å². The molecule has 0 aliphatic carbocycles. The molecule has 36 heavy (non-hydrogen) atoms.